The number of ether oxygens (including phenoxy) is 3. The van der Waals surface area contributed by atoms with Crippen molar-refractivity contribution in [1.29, 1.82) is 0 Å². The number of carbonyl (C=O) groups excluding carboxylic acids is 2. The zero-order valence-electron chi connectivity index (χ0n) is 19.1. The maximum atomic E-state index is 13.1. The van der Waals surface area contributed by atoms with E-state index in [1.54, 1.807) is 43.5 Å². The summed E-state index contributed by atoms with van der Waals surface area (Å²) < 4.78 is 16.3. The number of hydrogen-bond acceptors (Lipinski definition) is 6. The van der Waals surface area contributed by atoms with Crippen molar-refractivity contribution in [2.75, 3.05) is 27.4 Å². The van der Waals surface area contributed by atoms with Crippen LogP contribution in [0, 0.1) is 6.92 Å². The molecule has 7 nitrogen and oxygen atoms in total. The molecule has 1 N–H and O–H groups in total. The van der Waals surface area contributed by atoms with Gasteiger partial charge in [-0.3, -0.25) is 9.59 Å². The number of aliphatic hydroxyl groups excluding tert-OH is 1. The van der Waals surface area contributed by atoms with Crippen LogP contribution in [0.3, 0.4) is 0 Å². The van der Waals surface area contributed by atoms with Gasteiger partial charge in [-0.2, -0.15) is 0 Å². The summed E-state index contributed by atoms with van der Waals surface area (Å²) in [6, 6.07) is 9.72. The maximum Gasteiger partial charge on any atom is 0.295 e. The predicted octanol–water partition coefficient (Wildman–Crippen LogP) is 4.24. The van der Waals surface area contributed by atoms with E-state index >= 15 is 0 Å². The number of aryl methyl sites for hydroxylation is 1. The van der Waals surface area contributed by atoms with E-state index in [1.165, 1.54) is 12.0 Å². The van der Waals surface area contributed by atoms with E-state index in [2.05, 4.69) is 0 Å². The van der Waals surface area contributed by atoms with E-state index in [0.717, 1.165) is 5.56 Å². The van der Waals surface area contributed by atoms with Crippen molar-refractivity contribution < 1.29 is 28.9 Å². The number of Topliss-reactive ketones (excluding diaryl/α,β-unsaturated/α-hetero) is 1. The van der Waals surface area contributed by atoms with Crippen LogP contribution in [-0.2, 0) is 9.59 Å². The molecule has 1 aliphatic rings. The second-order valence-corrected chi connectivity index (χ2v) is 7.52. The van der Waals surface area contributed by atoms with Gasteiger partial charge in [0.1, 0.15) is 11.5 Å². The minimum atomic E-state index is -0.735. The first-order valence-electron chi connectivity index (χ1n) is 10.6. The summed E-state index contributed by atoms with van der Waals surface area (Å²) in [6.07, 6.45) is 0.666. The Morgan fingerprint density at radius 3 is 2.38 bits per heavy atom. The van der Waals surface area contributed by atoms with Crippen molar-refractivity contribution in [2.45, 2.75) is 33.2 Å². The Morgan fingerprint density at radius 1 is 1.03 bits per heavy atom. The molecule has 1 aliphatic heterocycles. The highest BCUT2D eigenvalue weighted by Gasteiger charge is 2.46. The Kier molecular flexibility index (Phi) is 7.08. The van der Waals surface area contributed by atoms with Gasteiger partial charge in [0.05, 0.1) is 32.4 Å². The largest absolute Gasteiger partial charge is 0.507 e. The van der Waals surface area contributed by atoms with Gasteiger partial charge in [0.15, 0.2) is 11.5 Å². The van der Waals surface area contributed by atoms with Gasteiger partial charge in [-0.25, -0.2) is 0 Å². The fraction of sp³-hybridized carbons (Fsp3) is 0.360. The van der Waals surface area contributed by atoms with Crippen molar-refractivity contribution in [1.82, 2.24) is 4.90 Å². The van der Waals surface area contributed by atoms with E-state index in [9.17, 15) is 14.7 Å². The van der Waals surface area contributed by atoms with Crippen molar-refractivity contribution in [3.05, 3.63) is 58.7 Å². The third-order valence-electron chi connectivity index (χ3n) is 5.50. The van der Waals surface area contributed by atoms with Crippen LogP contribution in [0.4, 0.5) is 0 Å². The molecule has 0 spiro atoms. The monoisotopic (exact) mass is 439 g/mol. The SMILES string of the molecule is CCCN1C(=O)C(=O)/C(=C(/O)c2ccc(OC)cc2C)C1c1ccc(OCC)c(OC)c1. The van der Waals surface area contributed by atoms with Crippen LogP contribution in [-0.4, -0.2) is 49.1 Å². The van der Waals surface area contributed by atoms with Crippen LogP contribution in [0.2, 0.25) is 0 Å². The van der Waals surface area contributed by atoms with Gasteiger partial charge in [-0.15, -0.1) is 0 Å². The molecule has 1 amide bonds. The second-order valence-electron chi connectivity index (χ2n) is 7.52. The summed E-state index contributed by atoms with van der Waals surface area (Å²) in [6.45, 7) is 6.47. The molecule has 1 fully saturated rings. The lowest BCUT2D eigenvalue weighted by Gasteiger charge is -2.25. The van der Waals surface area contributed by atoms with Crippen LogP contribution in [0.5, 0.6) is 17.2 Å². The molecule has 1 atom stereocenters. The lowest BCUT2D eigenvalue weighted by molar-refractivity contribution is -0.139. The molecule has 7 heteroatoms. The Labute approximate surface area is 188 Å². The molecule has 32 heavy (non-hydrogen) atoms. The number of amides is 1. The highest BCUT2D eigenvalue weighted by atomic mass is 16.5. The van der Waals surface area contributed by atoms with Gasteiger partial charge < -0.3 is 24.2 Å². The molecule has 0 saturated carbocycles. The first kappa shape index (κ1) is 23.2. The smallest absolute Gasteiger partial charge is 0.295 e. The van der Waals surface area contributed by atoms with E-state index in [0.29, 0.717) is 47.9 Å². The maximum absolute atomic E-state index is 13.1. The van der Waals surface area contributed by atoms with E-state index in [-0.39, 0.29) is 11.3 Å². The lowest BCUT2D eigenvalue weighted by atomic mass is 9.93. The van der Waals surface area contributed by atoms with Crippen molar-refractivity contribution >= 4 is 17.4 Å². The van der Waals surface area contributed by atoms with Crippen LogP contribution >= 0.6 is 0 Å². The first-order valence-corrected chi connectivity index (χ1v) is 10.6. The van der Waals surface area contributed by atoms with Gasteiger partial charge in [0.25, 0.3) is 11.7 Å². The number of hydrogen-bond donors (Lipinski definition) is 1. The average Bonchev–Trinajstić information content (AvgIpc) is 3.04. The number of ketones is 1. The summed E-state index contributed by atoms with van der Waals surface area (Å²) in [7, 11) is 3.09. The Hall–Kier alpha value is -3.48. The molecule has 1 unspecified atom stereocenters. The highest BCUT2D eigenvalue weighted by molar-refractivity contribution is 6.46. The zero-order valence-corrected chi connectivity index (χ0v) is 19.1. The van der Waals surface area contributed by atoms with Gasteiger partial charge in [-0.1, -0.05) is 13.0 Å². The fourth-order valence-electron chi connectivity index (χ4n) is 4.00. The minimum absolute atomic E-state index is 0.0583. The highest BCUT2D eigenvalue weighted by Crippen LogP contribution is 2.42. The number of nitrogens with zero attached hydrogens (tertiary/aromatic N) is 1. The van der Waals surface area contributed by atoms with Crippen LogP contribution in [0.1, 0.15) is 43.0 Å². The van der Waals surface area contributed by atoms with Crippen LogP contribution in [0.15, 0.2) is 42.0 Å². The Balaban J connectivity index is 2.20. The Morgan fingerprint density at radius 2 is 1.78 bits per heavy atom. The molecule has 0 aliphatic carbocycles. The van der Waals surface area contributed by atoms with Crippen molar-refractivity contribution in [3.63, 3.8) is 0 Å². The quantitative estimate of drug-likeness (QED) is 0.376. The van der Waals surface area contributed by atoms with E-state index < -0.39 is 17.7 Å². The molecule has 2 aromatic carbocycles. The molecule has 0 aromatic heterocycles. The zero-order chi connectivity index (χ0) is 23.4. The lowest BCUT2D eigenvalue weighted by Crippen LogP contribution is -2.30. The van der Waals surface area contributed by atoms with Crippen LogP contribution in [0.25, 0.3) is 5.76 Å². The molecular formula is C25H29NO6. The van der Waals surface area contributed by atoms with Crippen LogP contribution < -0.4 is 14.2 Å². The summed E-state index contributed by atoms with van der Waals surface area (Å²) in [4.78, 5) is 27.4. The van der Waals surface area contributed by atoms with Crippen molar-refractivity contribution in [3.8, 4) is 17.2 Å². The molecule has 0 bridgehead atoms. The van der Waals surface area contributed by atoms with E-state index in [1.807, 2.05) is 20.8 Å². The number of rotatable bonds is 8. The summed E-state index contributed by atoms with van der Waals surface area (Å²) in [5.41, 5.74) is 1.92. The number of benzene rings is 2. The normalized spacial score (nSPS) is 17.5. The minimum Gasteiger partial charge on any atom is -0.507 e. The molecule has 1 heterocycles. The average molecular weight is 440 g/mol. The molecule has 0 radical (unpaired) electrons. The van der Waals surface area contributed by atoms with Gasteiger partial charge >= 0.3 is 0 Å². The molecule has 1 saturated heterocycles. The summed E-state index contributed by atoms with van der Waals surface area (Å²) >= 11 is 0. The van der Waals surface area contributed by atoms with Crippen molar-refractivity contribution in [2.24, 2.45) is 0 Å². The van der Waals surface area contributed by atoms with E-state index in [4.69, 9.17) is 14.2 Å². The molecule has 170 valence electrons. The third-order valence-corrected chi connectivity index (χ3v) is 5.50. The van der Waals surface area contributed by atoms with Gasteiger partial charge in [0, 0.05) is 12.1 Å². The fourth-order valence-corrected chi connectivity index (χ4v) is 4.00. The number of aliphatic hydroxyl groups is 1. The molecule has 2 aromatic rings. The number of methoxy groups -OCH3 is 2. The topological polar surface area (TPSA) is 85.3 Å². The number of carbonyl (C=O) groups is 2. The number of likely N-dealkylation sites (tertiary alicyclic amines) is 1. The molecule has 3 rings (SSSR count). The second kappa shape index (κ2) is 9.77. The molecular weight excluding hydrogens is 410 g/mol. The first-order chi connectivity index (χ1) is 15.4. The standard InChI is InChI=1S/C25H29NO6/c1-6-12-26-22(16-8-11-19(32-7-2)20(14-16)31-5)21(24(28)25(26)29)23(27)18-10-9-17(30-4)13-15(18)3/h8-11,13-14,22,27H,6-7,12H2,1-5H3/b23-21+. The van der Waals surface area contributed by atoms with Gasteiger partial charge in [0.2, 0.25) is 0 Å². The van der Waals surface area contributed by atoms with Gasteiger partial charge in [-0.05, 0) is 61.7 Å². The predicted molar refractivity (Wildman–Crippen MR) is 121 cm³/mol. The summed E-state index contributed by atoms with van der Waals surface area (Å²) in [5, 5.41) is 11.2. The summed E-state index contributed by atoms with van der Waals surface area (Å²) in [5.74, 6) is 0.156. The Bertz CT molecular complexity index is 1060. The third kappa shape index (κ3) is 4.15.